The second kappa shape index (κ2) is 5.64. The molecule has 1 aromatic heterocycles. The van der Waals surface area contributed by atoms with E-state index < -0.39 is 0 Å². The molecule has 2 rings (SSSR count). The molecular weight excluding hydrogens is 230 g/mol. The van der Waals surface area contributed by atoms with Gasteiger partial charge in [0.25, 0.3) is 0 Å². The summed E-state index contributed by atoms with van der Waals surface area (Å²) in [5.74, 6) is 1.38. The van der Waals surface area contributed by atoms with Crippen LogP contribution in [0.25, 0.3) is 0 Å². The monoisotopic (exact) mass is 247 g/mol. The van der Waals surface area contributed by atoms with E-state index in [1.807, 2.05) is 20.0 Å². The molecule has 0 saturated heterocycles. The van der Waals surface area contributed by atoms with Gasteiger partial charge in [0.05, 0.1) is 0 Å². The van der Waals surface area contributed by atoms with Crippen LogP contribution in [0.4, 0.5) is 0 Å². The lowest BCUT2D eigenvalue weighted by Gasteiger charge is -2.13. The van der Waals surface area contributed by atoms with E-state index in [-0.39, 0.29) is 0 Å². The van der Waals surface area contributed by atoms with Crippen LogP contribution in [0.1, 0.15) is 29.9 Å². The third-order valence-electron chi connectivity index (χ3n) is 2.90. The SMILES string of the molecule is CNC(C)c1ccc(OCc2ncon2)c(C)c1. The Balaban J connectivity index is 2.05. The van der Waals surface area contributed by atoms with Crippen LogP contribution in [0.2, 0.25) is 0 Å². The summed E-state index contributed by atoms with van der Waals surface area (Å²) in [6.07, 6.45) is 1.29. The highest BCUT2D eigenvalue weighted by molar-refractivity contribution is 5.37. The lowest BCUT2D eigenvalue weighted by Crippen LogP contribution is -2.12. The lowest BCUT2D eigenvalue weighted by atomic mass is 10.1. The van der Waals surface area contributed by atoms with Crippen molar-refractivity contribution in [3.05, 3.63) is 41.5 Å². The maximum absolute atomic E-state index is 5.64. The second-order valence-corrected chi connectivity index (χ2v) is 4.17. The summed E-state index contributed by atoms with van der Waals surface area (Å²) in [5.41, 5.74) is 2.33. The molecule has 0 bridgehead atoms. The molecule has 5 heteroatoms. The molecule has 2 aromatic rings. The minimum absolute atomic E-state index is 0.318. The van der Waals surface area contributed by atoms with Crippen LogP contribution < -0.4 is 10.1 Å². The zero-order chi connectivity index (χ0) is 13.0. The Labute approximate surface area is 106 Å². The van der Waals surface area contributed by atoms with Gasteiger partial charge in [0.1, 0.15) is 5.75 Å². The average Bonchev–Trinajstić information content (AvgIpc) is 2.89. The van der Waals surface area contributed by atoms with Gasteiger partial charge >= 0.3 is 0 Å². The molecule has 0 spiro atoms. The Bertz CT molecular complexity index is 497. The van der Waals surface area contributed by atoms with E-state index in [2.05, 4.69) is 39.0 Å². The van der Waals surface area contributed by atoms with E-state index in [0.717, 1.165) is 11.3 Å². The van der Waals surface area contributed by atoms with E-state index in [9.17, 15) is 0 Å². The first-order valence-electron chi connectivity index (χ1n) is 5.86. The topological polar surface area (TPSA) is 60.2 Å². The average molecular weight is 247 g/mol. The first kappa shape index (κ1) is 12.6. The van der Waals surface area contributed by atoms with Gasteiger partial charge < -0.3 is 14.6 Å². The predicted octanol–water partition coefficient (Wildman–Crippen LogP) is 2.24. The molecule has 0 saturated carbocycles. The van der Waals surface area contributed by atoms with Crippen molar-refractivity contribution < 1.29 is 9.26 Å². The van der Waals surface area contributed by atoms with E-state index in [1.54, 1.807) is 0 Å². The number of hydrogen-bond donors (Lipinski definition) is 1. The summed E-state index contributed by atoms with van der Waals surface area (Å²) >= 11 is 0. The van der Waals surface area contributed by atoms with Crippen molar-refractivity contribution in [3.8, 4) is 5.75 Å². The summed E-state index contributed by atoms with van der Waals surface area (Å²) in [6, 6.07) is 6.47. The van der Waals surface area contributed by atoms with Gasteiger partial charge in [0, 0.05) is 6.04 Å². The standard InChI is InChI=1S/C13H17N3O2/c1-9-6-11(10(2)14-3)4-5-12(9)17-7-13-15-8-18-16-13/h4-6,8,10,14H,7H2,1-3H3. The summed E-state index contributed by atoms with van der Waals surface area (Å²) in [4.78, 5) is 3.91. The zero-order valence-electron chi connectivity index (χ0n) is 10.8. The van der Waals surface area contributed by atoms with E-state index in [4.69, 9.17) is 4.74 Å². The molecule has 18 heavy (non-hydrogen) atoms. The van der Waals surface area contributed by atoms with Gasteiger partial charge in [-0.1, -0.05) is 17.3 Å². The first-order chi connectivity index (χ1) is 8.70. The Morgan fingerprint density at radius 3 is 2.89 bits per heavy atom. The fraction of sp³-hybridized carbons (Fsp3) is 0.385. The zero-order valence-corrected chi connectivity index (χ0v) is 10.8. The molecule has 1 atom stereocenters. The van der Waals surface area contributed by atoms with Crippen LogP contribution in [-0.4, -0.2) is 17.2 Å². The molecule has 0 aliphatic heterocycles. The van der Waals surface area contributed by atoms with Gasteiger partial charge in [-0.3, -0.25) is 0 Å². The number of nitrogens with one attached hydrogen (secondary N) is 1. The highest BCUT2D eigenvalue weighted by atomic mass is 16.5. The van der Waals surface area contributed by atoms with Crippen LogP contribution in [0, 0.1) is 6.92 Å². The molecule has 1 N–H and O–H groups in total. The third-order valence-corrected chi connectivity index (χ3v) is 2.90. The number of nitrogens with zero attached hydrogens (tertiary/aromatic N) is 2. The number of rotatable bonds is 5. The Morgan fingerprint density at radius 1 is 1.44 bits per heavy atom. The highest BCUT2D eigenvalue weighted by Crippen LogP contribution is 2.23. The van der Waals surface area contributed by atoms with Gasteiger partial charge in [0.2, 0.25) is 12.2 Å². The van der Waals surface area contributed by atoms with E-state index >= 15 is 0 Å². The van der Waals surface area contributed by atoms with Gasteiger partial charge in [0.15, 0.2) is 6.61 Å². The Hall–Kier alpha value is -1.88. The molecule has 0 aliphatic rings. The quantitative estimate of drug-likeness (QED) is 0.878. The fourth-order valence-electron chi connectivity index (χ4n) is 1.67. The van der Waals surface area contributed by atoms with Crippen LogP contribution in [0.15, 0.2) is 29.1 Å². The fourth-order valence-corrected chi connectivity index (χ4v) is 1.67. The largest absolute Gasteiger partial charge is 0.485 e. The molecule has 1 unspecified atom stereocenters. The molecule has 0 fully saturated rings. The normalized spacial score (nSPS) is 12.4. The first-order valence-corrected chi connectivity index (χ1v) is 5.86. The van der Waals surface area contributed by atoms with Crippen molar-refractivity contribution in [3.63, 3.8) is 0 Å². The summed E-state index contributed by atoms with van der Waals surface area (Å²) in [7, 11) is 1.95. The number of ether oxygens (including phenoxy) is 1. The Morgan fingerprint density at radius 2 is 2.28 bits per heavy atom. The van der Waals surface area contributed by atoms with Gasteiger partial charge in [-0.15, -0.1) is 0 Å². The maximum Gasteiger partial charge on any atom is 0.213 e. The van der Waals surface area contributed by atoms with E-state index in [0.29, 0.717) is 18.5 Å². The van der Waals surface area contributed by atoms with Crippen molar-refractivity contribution in [2.75, 3.05) is 7.05 Å². The highest BCUT2D eigenvalue weighted by Gasteiger charge is 2.07. The van der Waals surface area contributed by atoms with Crippen LogP contribution >= 0.6 is 0 Å². The van der Waals surface area contributed by atoms with Crippen molar-refractivity contribution >= 4 is 0 Å². The van der Waals surface area contributed by atoms with Crippen molar-refractivity contribution in [1.29, 1.82) is 0 Å². The van der Waals surface area contributed by atoms with Gasteiger partial charge in [-0.25, -0.2) is 0 Å². The molecular formula is C13H17N3O2. The number of benzene rings is 1. The predicted molar refractivity (Wildman–Crippen MR) is 67.3 cm³/mol. The van der Waals surface area contributed by atoms with Crippen molar-refractivity contribution in [2.24, 2.45) is 0 Å². The molecule has 0 radical (unpaired) electrons. The molecule has 96 valence electrons. The second-order valence-electron chi connectivity index (χ2n) is 4.17. The number of aromatic nitrogens is 2. The Kier molecular flexibility index (Phi) is 3.94. The van der Waals surface area contributed by atoms with Crippen molar-refractivity contribution in [2.45, 2.75) is 26.5 Å². The molecule has 5 nitrogen and oxygen atoms in total. The number of aryl methyl sites for hydroxylation is 1. The van der Waals surface area contributed by atoms with Crippen LogP contribution in [0.3, 0.4) is 0 Å². The smallest absolute Gasteiger partial charge is 0.213 e. The molecule has 0 amide bonds. The van der Waals surface area contributed by atoms with Crippen LogP contribution in [-0.2, 0) is 6.61 Å². The van der Waals surface area contributed by atoms with Crippen molar-refractivity contribution in [1.82, 2.24) is 15.5 Å². The molecule has 1 aromatic carbocycles. The summed E-state index contributed by atoms with van der Waals surface area (Å²) in [5, 5.41) is 6.91. The summed E-state index contributed by atoms with van der Waals surface area (Å²) in [6.45, 7) is 4.46. The molecule has 0 aliphatic carbocycles. The van der Waals surface area contributed by atoms with Crippen LogP contribution in [0.5, 0.6) is 5.75 Å². The third kappa shape index (κ3) is 2.87. The minimum atomic E-state index is 0.318. The van der Waals surface area contributed by atoms with Gasteiger partial charge in [-0.05, 0) is 38.1 Å². The van der Waals surface area contributed by atoms with Gasteiger partial charge in [-0.2, -0.15) is 4.98 Å². The maximum atomic E-state index is 5.64. The molecule has 1 heterocycles. The lowest BCUT2D eigenvalue weighted by molar-refractivity contribution is 0.284. The number of hydrogen-bond acceptors (Lipinski definition) is 5. The summed E-state index contributed by atoms with van der Waals surface area (Å²) < 4.78 is 10.3. The van der Waals surface area contributed by atoms with E-state index in [1.165, 1.54) is 12.0 Å². The minimum Gasteiger partial charge on any atom is -0.485 e.